The fraction of sp³-hybridized carbons (Fsp3) is 0. The summed E-state index contributed by atoms with van der Waals surface area (Å²) in [5.41, 5.74) is 5.46. The molecule has 3 N–H and O–H groups in total. The molecule has 0 saturated carbocycles. The van der Waals surface area contributed by atoms with Crippen molar-refractivity contribution in [3.05, 3.63) is 38.5 Å². The molecule has 0 saturated heterocycles. The molecule has 2 aromatic rings. The molecule has 0 spiro atoms. The molecule has 2 rings (SSSR count). The first kappa shape index (κ1) is 10.6. The molecule has 1 amide bonds. The number of amides is 1. The summed E-state index contributed by atoms with van der Waals surface area (Å²) in [4.78, 5) is 24.0. The number of nitro benzene ring substituents is 1. The minimum absolute atomic E-state index is 0.0919. The summed E-state index contributed by atoms with van der Waals surface area (Å²) in [7, 11) is 0. The maximum atomic E-state index is 11.1. The quantitative estimate of drug-likeness (QED) is 0.650. The van der Waals surface area contributed by atoms with Crippen LogP contribution in [0.15, 0.2) is 22.7 Å². The SMILES string of the molecule is NC(=O)c1[nH]c2c([N+](=O)[O-])cccc2c1Br. The number of rotatable bonds is 2. The number of aromatic amines is 1. The van der Waals surface area contributed by atoms with E-state index in [1.807, 2.05) is 0 Å². The molecule has 1 heterocycles. The number of nitro groups is 1. The molecule has 7 heteroatoms. The molecule has 0 bridgehead atoms. The molecule has 0 aliphatic heterocycles. The standard InChI is InChI=1S/C9H6BrN3O3/c10-6-4-2-1-3-5(13(15)16)7(4)12-8(6)9(11)14/h1-3,12H,(H2,11,14). The minimum atomic E-state index is -0.669. The molecule has 1 aromatic heterocycles. The molecule has 0 unspecified atom stereocenters. The number of hydrogen-bond donors (Lipinski definition) is 2. The van der Waals surface area contributed by atoms with Crippen LogP contribution in [-0.4, -0.2) is 15.8 Å². The number of aromatic nitrogens is 1. The van der Waals surface area contributed by atoms with Crippen molar-refractivity contribution < 1.29 is 9.72 Å². The van der Waals surface area contributed by atoms with Crippen molar-refractivity contribution in [2.75, 3.05) is 0 Å². The van der Waals surface area contributed by atoms with Gasteiger partial charge in [-0.2, -0.15) is 0 Å². The lowest BCUT2D eigenvalue weighted by atomic mass is 10.2. The lowest BCUT2D eigenvalue weighted by molar-refractivity contribution is -0.383. The molecule has 0 radical (unpaired) electrons. The maximum Gasteiger partial charge on any atom is 0.293 e. The highest BCUT2D eigenvalue weighted by Crippen LogP contribution is 2.32. The number of H-pyrrole nitrogens is 1. The van der Waals surface area contributed by atoms with Gasteiger partial charge in [-0.15, -0.1) is 0 Å². The van der Waals surface area contributed by atoms with E-state index in [2.05, 4.69) is 20.9 Å². The van der Waals surface area contributed by atoms with Gasteiger partial charge in [-0.25, -0.2) is 0 Å². The monoisotopic (exact) mass is 283 g/mol. The fourth-order valence-electron chi connectivity index (χ4n) is 1.49. The zero-order valence-electron chi connectivity index (χ0n) is 7.86. The van der Waals surface area contributed by atoms with Crippen molar-refractivity contribution in [2.45, 2.75) is 0 Å². The third kappa shape index (κ3) is 1.45. The first-order valence-electron chi connectivity index (χ1n) is 4.26. The Morgan fingerprint density at radius 2 is 2.19 bits per heavy atom. The number of carbonyl (C=O) groups excluding carboxylic acids is 1. The second-order valence-electron chi connectivity index (χ2n) is 3.14. The summed E-state index contributed by atoms with van der Waals surface area (Å²) >= 11 is 3.18. The predicted molar refractivity (Wildman–Crippen MR) is 61.2 cm³/mol. The van der Waals surface area contributed by atoms with Crippen LogP contribution < -0.4 is 5.73 Å². The summed E-state index contributed by atoms with van der Waals surface area (Å²) < 4.78 is 0.443. The van der Waals surface area contributed by atoms with Crippen LogP contribution >= 0.6 is 15.9 Å². The van der Waals surface area contributed by atoms with Crippen LogP contribution in [0.2, 0.25) is 0 Å². The lowest BCUT2D eigenvalue weighted by Gasteiger charge is -1.92. The summed E-state index contributed by atoms with van der Waals surface area (Å²) in [6.07, 6.45) is 0. The number of benzene rings is 1. The van der Waals surface area contributed by atoms with Crippen LogP contribution in [0.1, 0.15) is 10.5 Å². The van der Waals surface area contributed by atoms with Gasteiger partial charge in [0.25, 0.3) is 11.6 Å². The Morgan fingerprint density at radius 1 is 1.50 bits per heavy atom. The van der Waals surface area contributed by atoms with E-state index in [9.17, 15) is 14.9 Å². The number of nitrogens with one attached hydrogen (secondary N) is 1. The van der Waals surface area contributed by atoms with Gasteiger partial charge in [0, 0.05) is 11.5 Å². The number of fused-ring (bicyclic) bond motifs is 1. The Hall–Kier alpha value is -1.89. The highest BCUT2D eigenvalue weighted by atomic mass is 79.9. The highest BCUT2D eigenvalue weighted by molar-refractivity contribution is 9.10. The molecular weight excluding hydrogens is 278 g/mol. The number of para-hydroxylation sites is 1. The van der Waals surface area contributed by atoms with E-state index in [-0.39, 0.29) is 16.9 Å². The zero-order chi connectivity index (χ0) is 11.9. The molecule has 6 nitrogen and oxygen atoms in total. The lowest BCUT2D eigenvalue weighted by Crippen LogP contribution is -2.11. The van der Waals surface area contributed by atoms with E-state index in [0.717, 1.165) is 0 Å². The van der Waals surface area contributed by atoms with E-state index in [4.69, 9.17) is 5.73 Å². The summed E-state index contributed by atoms with van der Waals surface area (Å²) in [6.45, 7) is 0. The number of nitrogens with two attached hydrogens (primary N) is 1. The number of non-ortho nitro benzene ring substituents is 1. The van der Waals surface area contributed by atoms with Crippen molar-refractivity contribution in [1.82, 2.24) is 4.98 Å². The summed E-state index contributed by atoms with van der Waals surface area (Å²) in [6, 6.07) is 4.56. The molecule has 0 aliphatic rings. The van der Waals surface area contributed by atoms with Gasteiger partial charge in [-0.1, -0.05) is 12.1 Å². The zero-order valence-corrected chi connectivity index (χ0v) is 9.45. The van der Waals surface area contributed by atoms with E-state index in [0.29, 0.717) is 9.86 Å². The Bertz CT molecular complexity index is 605. The third-order valence-electron chi connectivity index (χ3n) is 2.19. The topological polar surface area (TPSA) is 102 Å². The molecule has 82 valence electrons. The minimum Gasteiger partial charge on any atom is -0.364 e. The number of hydrogen-bond acceptors (Lipinski definition) is 3. The van der Waals surface area contributed by atoms with E-state index >= 15 is 0 Å². The molecule has 0 atom stereocenters. The van der Waals surface area contributed by atoms with Crippen LogP contribution in [0.5, 0.6) is 0 Å². The third-order valence-corrected chi connectivity index (χ3v) is 3.02. The first-order chi connectivity index (χ1) is 7.52. The van der Waals surface area contributed by atoms with Gasteiger partial charge in [0.1, 0.15) is 11.2 Å². The van der Waals surface area contributed by atoms with Crippen molar-refractivity contribution in [1.29, 1.82) is 0 Å². The van der Waals surface area contributed by atoms with E-state index in [1.54, 1.807) is 12.1 Å². The molecule has 0 fully saturated rings. The smallest absolute Gasteiger partial charge is 0.293 e. The van der Waals surface area contributed by atoms with Gasteiger partial charge in [-0.05, 0) is 15.9 Å². The van der Waals surface area contributed by atoms with Gasteiger partial charge in [0.05, 0.1) is 9.40 Å². The summed E-state index contributed by atoms with van der Waals surface area (Å²) in [5, 5.41) is 11.3. The van der Waals surface area contributed by atoms with Gasteiger partial charge >= 0.3 is 0 Å². The Morgan fingerprint density at radius 3 is 2.75 bits per heavy atom. The normalized spacial score (nSPS) is 10.6. The molecule has 0 aliphatic carbocycles. The molecular formula is C9H6BrN3O3. The van der Waals surface area contributed by atoms with Gasteiger partial charge in [-0.3, -0.25) is 14.9 Å². The molecule has 16 heavy (non-hydrogen) atoms. The number of carbonyl (C=O) groups is 1. The second kappa shape index (κ2) is 3.60. The van der Waals surface area contributed by atoms with Gasteiger partial charge in [0.15, 0.2) is 0 Å². The van der Waals surface area contributed by atoms with Crippen molar-refractivity contribution in [3.8, 4) is 0 Å². The average molecular weight is 284 g/mol. The Balaban J connectivity index is 2.85. The summed E-state index contributed by atoms with van der Waals surface area (Å²) in [5.74, 6) is -0.669. The number of halogens is 1. The van der Waals surface area contributed by atoms with Crippen molar-refractivity contribution in [2.24, 2.45) is 5.73 Å². The first-order valence-corrected chi connectivity index (χ1v) is 5.06. The number of nitrogens with zero attached hydrogens (tertiary/aromatic N) is 1. The van der Waals surface area contributed by atoms with Crippen molar-refractivity contribution >= 4 is 38.4 Å². The predicted octanol–water partition coefficient (Wildman–Crippen LogP) is 1.94. The molecule has 1 aromatic carbocycles. The fourth-order valence-corrected chi connectivity index (χ4v) is 2.12. The Kier molecular flexibility index (Phi) is 2.39. The van der Waals surface area contributed by atoms with E-state index in [1.165, 1.54) is 6.07 Å². The van der Waals surface area contributed by atoms with Crippen LogP contribution in [0.3, 0.4) is 0 Å². The van der Waals surface area contributed by atoms with Gasteiger partial charge in [0.2, 0.25) is 0 Å². The largest absolute Gasteiger partial charge is 0.364 e. The van der Waals surface area contributed by atoms with Crippen LogP contribution in [0.25, 0.3) is 10.9 Å². The maximum absolute atomic E-state index is 11.1. The van der Waals surface area contributed by atoms with Crippen LogP contribution in [0.4, 0.5) is 5.69 Å². The average Bonchev–Trinajstić information content (AvgIpc) is 2.56. The van der Waals surface area contributed by atoms with Crippen LogP contribution in [0, 0.1) is 10.1 Å². The van der Waals surface area contributed by atoms with Crippen LogP contribution in [-0.2, 0) is 0 Å². The Labute approximate surface area is 97.7 Å². The van der Waals surface area contributed by atoms with Crippen molar-refractivity contribution in [3.63, 3.8) is 0 Å². The van der Waals surface area contributed by atoms with Gasteiger partial charge < -0.3 is 10.7 Å². The number of primary amides is 1. The highest BCUT2D eigenvalue weighted by Gasteiger charge is 2.19. The second-order valence-corrected chi connectivity index (χ2v) is 3.93. The van der Waals surface area contributed by atoms with E-state index < -0.39 is 10.8 Å².